The van der Waals surface area contributed by atoms with Crippen LogP contribution in [0.1, 0.15) is 18.1 Å². The summed E-state index contributed by atoms with van der Waals surface area (Å²) in [7, 11) is 0. The summed E-state index contributed by atoms with van der Waals surface area (Å²) in [5.74, 6) is -1.59. The molecule has 16 heavy (non-hydrogen) atoms. The van der Waals surface area contributed by atoms with E-state index in [1.807, 2.05) is 0 Å². The van der Waals surface area contributed by atoms with Gasteiger partial charge in [-0.25, -0.2) is 8.78 Å². The van der Waals surface area contributed by atoms with Gasteiger partial charge in [-0.3, -0.25) is 0 Å². The molecular weight excluding hydrogens is 210 g/mol. The normalized spacial score (nSPS) is 11.0. The van der Waals surface area contributed by atoms with Crippen LogP contribution in [0.15, 0.2) is 18.2 Å². The number of rotatable bonds is 1. The van der Waals surface area contributed by atoms with E-state index in [0.717, 1.165) is 11.6 Å². The summed E-state index contributed by atoms with van der Waals surface area (Å²) in [6, 6.07) is 4.12. The predicted molar refractivity (Wildman–Crippen MR) is 59.6 cm³/mol. The highest BCUT2D eigenvalue weighted by Crippen LogP contribution is 2.30. The van der Waals surface area contributed by atoms with Gasteiger partial charge < -0.3 is 5.11 Å². The maximum Gasteiger partial charge on any atom is 0.162 e. The summed E-state index contributed by atoms with van der Waals surface area (Å²) in [6.45, 7) is 3.56. The van der Waals surface area contributed by atoms with E-state index >= 15 is 0 Å². The van der Waals surface area contributed by atoms with E-state index in [-0.39, 0.29) is 5.75 Å². The predicted octanol–water partition coefficient (Wildman–Crippen LogP) is 3.69. The van der Waals surface area contributed by atoms with Crippen molar-refractivity contribution in [2.75, 3.05) is 0 Å². The molecule has 0 bridgehead atoms. The third-order valence-corrected chi connectivity index (χ3v) is 2.76. The molecule has 0 saturated heterocycles. The molecule has 0 heterocycles. The Morgan fingerprint density at radius 3 is 2.50 bits per heavy atom. The maximum absolute atomic E-state index is 13.6. The number of hydrogen-bond donors (Lipinski definition) is 1. The fraction of sp³-hybridized carbons (Fsp3) is 0.231. The summed E-state index contributed by atoms with van der Waals surface area (Å²) in [6.07, 6.45) is 0.422. The quantitative estimate of drug-likeness (QED) is 0.780. The Morgan fingerprint density at radius 2 is 1.88 bits per heavy atom. The van der Waals surface area contributed by atoms with Gasteiger partial charge in [0.05, 0.1) is 0 Å². The minimum Gasteiger partial charge on any atom is -0.508 e. The molecule has 0 fully saturated rings. The molecule has 0 aliphatic rings. The molecule has 0 radical (unpaired) electrons. The van der Waals surface area contributed by atoms with Crippen LogP contribution in [-0.2, 0) is 6.42 Å². The van der Waals surface area contributed by atoms with Crippen molar-refractivity contribution >= 4 is 10.8 Å². The standard InChI is InChI=1S/C13H12F2O/c1-3-10-12-7(2)4-9(16)5-8(12)6-11(14)13(10)15/h4-6,16H,3H2,1-2H3. The fourth-order valence-electron chi connectivity index (χ4n) is 2.11. The van der Waals surface area contributed by atoms with Gasteiger partial charge in [-0.15, -0.1) is 0 Å². The molecule has 0 amide bonds. The Labute approximate surface area is 92.3 Å². The number of benzene rings is 2. The number of hydrogen-bond acceptors (Lipinski definition) is 1. The molecule has 0 saturated carbocycles. The molecule has 2 aromatic rings. The Morgan fingerprint density at radius 1 is 1.19 bits per heavy atom. The Bertz CT molecular complexity index is 562. The SMILES string of the molecule is CCc1c(F)c(F)cc2cc(O)cc(C)c12. The molecule has 0 aliphatic heterocycles. The Hall–Kier alpha value is -1.64. The summed E-state index contributed by atoms with van der Waals surface area (Å²) < 4.78 is 26.9. The minimum atomic E-state index is -0.866. The number of phenolic OH excluding ortho intramolecular Hbond substituents is 1. The van der Waals surface area contributed by atoms with Gasteiger partial charge in [0.1, 0.15) is 5.75 Å². The molecule has 0 aliphatic carbocycles. The second-order valence-corrected chi connectivity index (χ2v) is 3.87. The van der Waals surface area contributed by atoms with Crippen LogP contribution in [0.3, 0.4) is 0 Å². The molecule has 2 rings (SSSR count). The first-order chi connectivity index (χ1) is 7.54. The summed E-state index contributed by atoms with van der Waals surface area (Å²) in [5.41, 5.74) is 1.12. The lowest BCUT2D eigenvalue weighted by atomic mass is 9.97. The molecule has 1 N–H and O–H groups in total. The molecule has 1 nitrogen and oxygen atoms in total. The average molecular weight is 222 g/mol. The number of fused-ring (bicyclic) bond motifs is 1. The van der Waals surface area contributed by atoms with Gasteiger partial charge in [0.2, 0.25) is 0 Å². The largest absolute Gasteiger partial charge is 0.508 e. The molecule has 0 aromatic heterocycles. The highest BCUT2D eigenvalue weighted by molar-refractivity contribution is 5.90. The van der Waals surface area contributed by atoms with Crippen molar-refractivity contribution in [1.29, 1.82) is 0 Å². The van der Waals surface area contributed by atoms with Crippen LogP contribution in [0.5, 0.6) is 5.75 Å². The monoisotopic (exact) mass is 222 g/mol. The molecular formula is C13H12F2O. The number of phenols is 1. The first-order valence-corrected chi connectivity index (χ1v) is 5.14. The van der Waals surface area contributed by atoms with Crippen LogP contribution in [0, 0.1) is 18.6 Å². The van der Waals surface area contributed by atoms with E-state index in [1.54, 1.807) is 19.9 Å². The van der Waals surface area contributed by atoms with E-state index in [9.17, 15) is 13.9 Å². The van der Waals surface area contributed by atoms with Crippen LogP contribution in [-0.4, -0.2) is 5.11 Å². The highest BCUT2D eigenvalue weighted by atomic mass is 19.2. The van der Waals surface area contributed by atoms with Gasteiger partial charge in [-0.1, -0.05) is 6.92 Å². The second kappa shape index (κ2) is 3.74. The lowest BCUT2D eigenvalue weighted by molar-refractivity contribution is 0.475. The zero-order valence-electron chi connectivity index (χ0n) is 9.14. The summed E-state index contributed by atoms with van der Waals surface area (Å²) in [5, 5.41) is 10.6. The molecule has 0 spiro atoms. The summed E-state index contributed by atoms with van der Waals surface area (Å²) >= 11 is 0. The van der Waals surface area contributed by atoms with Gasteiger partial charge >= 0.3 is 0 Å². The third-order valence-electron chi connectivity index (χ3n) is 2.76. The van der Waals surface area contributed by atoms with Crippen LogP contribution < -0.4 is 0 Å². The minimum absolute atomic E-state index is 0.0676. The smallest absolute Gasteiger partial charge is 0.162 e. The van der Waals surface area contributed by atoms with Gasteiger partial charge in [-0.2, -0.15) is 0 Å². The van der Waals surface area contributed by atoms with E-state index in [4.69, 9.17) is 0 Å². The van der Waals surface area contributed by atoms with Gasteiger partial charge in [0.15, 0.2) is 11.6 Å². The molecule has 0 unspecified atom stereocenters. The van der Waals surface area contributed by atoms with Crippen molar-refractivity contribution in [2.45, 2.75) is 20.3 Å². The van der Waals surface area contributed by atoms with Crippen molar-refractivity contribution in [3.05, 3.63) is 41.0 Å². The average Bonchev–Trinajstić information content (AvgIpc) is 2.20. The third kappa shape index (κ3) is 1.52. The molecule has 0 atom stereocenters. The van der Waals surface area contributed by atoms with Gasteiger partial charge in [0.25, 0.3) is 0 Å². The van der Waals surface area contributed by atoms with Crippen LogP contribution in [0.4, 0.5) is 8.78 Å². The van der Waals surface area contributed by atoms with Crippen molar-refractivity contribution < 1.29 is 13.9 Å². The van der Waals surface area contributed by atoms with Gasteiger partial charge in [0, 0.05) is 0 Å². The van der Waals surface area contributed by atoms with Crippen molar-refractivity contribution in [3.8, 4) is 5.75 Å². The molecule has 2 aromatic carbocycles. The van der Waals surface area contributed by atoms with E-state index < -0.39 is 11.6 Å². The lowest BCUT2D eigenvalue weighted by Gasteiger charge is -2.10. The first kappa shape index (κ1) is 10.9. The lowest BCUT2D eigenvalue weighted by Crippen LogP contribution is -1.96. The van der Waals surface area contributed by atoms with Gasteiger partial charge in [-0.05, 0) is 53.4 Å². The number of aryl methyl sites for hydroxylation is 2. The molecule has 3 heteroatoms. The first-order valence-electron chi connectivity index (χ1n) is 5.14. The van der Waals surface area contributed by atoms with Crippen LogP contribution in [0.2, 0.25) is 0 Å². The van der Waals surface area contributed by atoms with Crippen molar-refractivity contribution in [1.82, 2.24) is 0 Å². The summed E-state index contributed by atoms with van der Waals surface area (Å²) in [4.78, 5) is 0. The van der Waals surface area contributed by atoms with Crippen molar-refractivity contribution in [2.24, 2.45) is 0 Å². The van der Waals surface area contributed by atoms with Crippen LogP contribution >= 0.6 is 0 Å². The van der Waals surface area contributed by atoms with E-state index in [0.29, 0.717) is 22.8 Å². The fourth-order valence-corrected chi connectivity index (χ4v) is 2.11. The highest BCUT2D eigenvalue weighted by Gasteiger charge is 2.14. The second-order valence-electron chi connectivity index (χ2n) is 3.87. The zero-order chi connectivity index (χ0) is 11.9. The van der Waals surface area contributed by atoms with E-state index in [2.05, 4.69) is 0 Å². The number of aromatic hydroxyl groups is 1. The maximum atomic E-state index is 13.6. The van der Waals surface area contributed by atoms with Crippen LogP contribution in [0.25, 0.3) is 10.8 Å². The van der Waals surface area contributed by atoms with E-state index in [1.165, 1.54) is 6.07 Å². The Balaban J connectivity index is 2.96. The number of halogens is 2. The molecule has 84 valence electrons. The van der Waals surface area contributed by atoms with Crippen molar-refractivity contribution in [3.63, 3.8) is 0 Å². The zero-order valence-corrected chi connectivity index (χ0v) is 9.14. The Kier molecular flexibility index (Phi) is 2.54. The topological polar surface area (TPSA) is 20.2 Å².